The van der Waals surface area contributed by atoms with Crippen LogP contribution >= 0.6 is 34.7 Å². The highest BCUT2D eigenvalue weighted by molar-refractivity contribution is 8.01. The van der Waals surface area contributed by atoms with Crippen LogP contribution in [0.25, 0.3) is 11.3 Å². The quantitative estimate of drug-likeness (QED) is 0.372. The van der Waals surface area contributed by atoms with Gasteiger partial charge in [-0.05, 0) is 13.0 Å². The summed E-state index contributed by atoms with van der Waals surface area (Å²) in [7, 11) is 0. The van der Waals surface area contributed by atoms with E-state index in [0.29, 0.717) is 32.7 Å². The Hall–Kier alpha value is -2.16. The molecule has 0 aliphatic rings. The summed E-state index contributed by atoms with van der Waals surface area (Å²) in [5.74, 6) is 0.757. The summed E-state index contributed by atoms with van der Waals surface area (Å²) in [6.45, 7) is 5.33. The van der Waals surface area contributed by atoms with Crippen LogP contribution in [0, 0.1) is 6.92 Å². The lowest BCUT2D eigenvalue weighted by molar-refractivity contribution is 0.102. The van der Waals surface area contributed by atoms with E-state index in [9.17, 15) is 4.79 Å². The fraction of sp³-hybridized carbons (Fsp3) is 0.125. The number of aromatic nitrogens is 3. The largest absolute Gasteiger partial charge is 0.360 e. The lowest BCUT2D eigenvalue weighted by Crippen LogP contribution is -2.13. The van der Waals surface area contributed by atoms with Gasteiger partial charge in [-0.1, -0.05) is 64.1 Å². The van der Waals surface area contributed by atoms with Crippen molar-refractivity contribution in [1.82, 2.24) is 15.4 Å². The predicted octanol–water partition coefficient (Wildman–Crippen LogP) is 4.69. The number of hydrogen-bond acceptors (Lipinski definition) is 7. The lowest BCUT2D eigenvalue weighted by Gasteiger charge is -2.04. The number of nitrogens with one attached hydrogen (secondary N) is 1. The van der Waals surface area contributed by atoms with Gasteiger partial charge in [0, 0.05) is 11.3 Å². The molecule has 0 aliphatic heterocycles. The van der Waals surface area contributed by atoms with Crippen LogP contribution in [0.15, 0.2) is 45.8 Å². The van der Waals surface area contributed by atoms with Gasteiger partial charge in [-0.25, -0.2) is 0 Å². The number of carbonyl (C=O) groups is 1. The van der Waals surface area contributed by atoms with Gasteiger partial charge in [-0.3, -0.25) is 10.1 Å². The van der Waals surface area contributed by atoms with Crippen molar-refractivity contribution in [2.45, 2.75) is 11.3 Å². The Morgan fingerprint density at radius 1 is 1.44 bits per heavy atom. The number of nitrogens with zero attached hydrogens (tertiary/aromatic N) is 3. The van der Waals surface area contributed by atoms with Crippen molar-refractivity contribution in [3.8, 4) is 11.3 Å². The molecule has 0 spiro atoms. The number of amides is 1. The first-order valence-electron chi connectivity index (χ1n) is 7.20. The van der Waals surface area contributed by atoms with Crippen molar-refractivity contribution < 1.29 is 9.32 Å². The third kappa shape index (κ3) is 3.92. The molecule has 6 nitrogen and oxygen atoms in total. The topological polar surface area (TPSA) is 80.9 Å². The molecule has 1 aromatic carbocycles. The van der Waals surface area contributed by atoms with Crippen LogP contribution in [0.4, 0.5) is 5.13 Å². The van der Waals surface area contributed by atoms with E-state index >= 15 is 0 Å². The Kier molecular flexibility index (Phi) is 5.52. The first kappa shape index (κ1) is 17.7. The molecule has 1 N–H and O–H groups in total. The summed E-state index contributed by atoms with van der Waals surface area (Å²) < 4.78 is 5.96. The molecular weight excluding hydrogens is 380 g/mol. The zero-order valence-electron chi connectivity index (χ0n) is 13.2. The molecule has 128 valence electrons. The highest BCUT2D eigenvalue weighted by atomic mass is 35.5. The van der Waals surface area contributed by atoms with Crippen LogP contribution in [-0.2, 0) is 0 Å². The number of carbonyl (C=O) groups excluding carboxylic acids is 1. The van der Waals surface area contributed by atoms with Gasteiger partial charge in [0.15, 0.2) is 4.34 Å². The van der Waals surface area contributed by atoms with Gasteiger partial charge >= 0.3 is 0 Å². The number of rotatable bonds is 6. The maximum Gasteiger partial charge on any atom is 0.263 e. The van der Waals surface area contributed by atoms with Crippen molar-refractivity contribution in [3.05, 3.63) is 53.3 Å². The van der Waals surface area contributed by atoms with E-state index in [2.05, 4.69) is 27.2 Å². The fourth-order valence-electron chi connectivity index (χ4n) is 2.09. The van der Waals surface area contributed by atoms with Crippen molar-refractivity contribution in [1.29, 1.82) is 0 Å². The van der Waals surface area contributed by atoms with E-state index in [-0.39, 0.29) is 5.91 Å². The number of hydrogen-bond donors (Lipinski definition) is 1. The second-order valence-electron chi connectivity index (χ2n) is 4.87. The SMILES string of the molecule is C=CCSc1nnc(NC(=O)c2c(-c3ccccc3Cl)noc2C)s1. The van der Waals surface area contributed by atoms with Gasteiger partial charge in [0.1, 0.15) is 17.0 Å². The average molecular weight is 393 g/mol. The predicted molar refractivity (Wildman–Crippen MR) is 100 cm³/mol. The van der Waals surface area contributed by atoms with Crippen LogP contribution < -0.4 is 5.32 Å². The van der Waals surface area contributed by atoms with Crippen molar-refractivity contribution in [3.63, 3.8) is 0 Å². The zero-order chi connectivity index (χ0) is 17.8. The molecule has 0 saturated heterocycles. The van der Waals surface area contributed by atoms with E-state index < -0.39 is 0 Å². The monoisotopic (exact) mass is 392 g/mol. The van der Waals surface area contributed by atoms with Gasteiger partial charge < -0.3 is 4.52 Å². The molecule has 0 fully saturated rings. The summed E-state index contributed by atoms with van der Waals surface area (Å²) in [6, 6.07) is 7.14. The Balaban J connectivity index is 1.86. The van der Waals surface area contributed by atoms with E-state index in [1.54, 1.807) is 25.1 Å². The Morgan fingerprint density at radius 2 is 2.24 bits per heavy atom. The second-order valence-corrected chi connectivity index (χ2v) is 7.52. The highest BCUT2D eigenvalue weighted by Gasteiger charge is 2.24. The average Bonchev–Trinajstić information content (AvgIpc) is 3.20. The first-order chi connectivity index (χ1) is 12.1. The molecule has 1 amide bonds. The molecule has 2 aromatic heterocycles. The molecule has 0 aliphatic carbocycles. The van der Waals surface area contributed by atoms with Crippen LogP contribution in [0.5, 0.6) is 0 Å². The normalized spacial score (nSPS) is 10.6. The standard InChI is InChI=1S/C16H13ClN4O2S2/c1-3-8-24-16-20-19-15(25-16)18-14(22)12-9(2)23-21-13(12)10-6-4-5-7-11(10)17/h3-7H,1,8H2,2H3,(H,18,19,22). The van der Waals surface area contributed by atoms with E-state index in [4.69, 9.17) is 16.1 Å². The highest BCUT2D eigenvalue weighted by Crippen LogP contribution is 2.32. The van der Waals surface area contributed by atoms with Gasteiger partial charge in [-0.15, -0.1) is 16.8 Å². The van der Waals surface area contributed by atoms with Crippen LogP contribution in [0.1, 0.15) is 16.1 Å². The number of thioether (sulfide) groups is 1. The zero-order valence-corrected chi connectivity index (χ0v) is 15.5. The smallest absolute Gasteiger partial charge is 0.263 e. The van der Waals surface area contributed by atoms with Gasteiger partial charge in [0.05, 0.1) is 5.02 Å². The van der Waals surface area contributed by atoms with Crippen molar-refractivity contribution >= 4 is 45.7 Å². The Bertz CT molecular complexity index is 923. The third-order valence-corrected chi connectivity index (χ3v) is 5.47. The van der Waals surface area contributed by atoms with E-state index in [0.717, 1.165) is 10.1 Å². The summed E-state index contributed by atoms with van der Waals surface area (Å²) in [4.78, 5) is 12.7. The van der Waals surface area contributed by atoms with Crippen molar-refractivity contribution in [2.75, 3.05) is 11.1 Å². The Morgan fingerprint density at radius 3 is 3.00 bits per heavy atom. The third-order valence-electron chi connectivity index (χ3n) is 3.17. The second kappa shape index (κ2) is 7.81. The molecule has 0 bridgehead atoms. The fourth-order valence-corrected chi connectivity index (χ4v) is 3.82. The number of benzene rings is 1. The molecule has 0 saturated carbocycles. The first-order valence-corrected chi connectivity index (χ1v) is 9.38. The van der Waals surface area contributed by atoms with Gasteiger partial charge in [0.25, 0.3) is 5.91 Å². The minimum atomic E-state index is -0.370. The molecule has 0 radical (unpaired) electrons. The molecule has 3 rings (SSSR count). The van der Waals surface area contributed by atoms with Crippen LogP contribution in [0.2, 0.25) is 5.02 Å². The van der Waals surface area contributed by atoms with Crippen molar-refractivity contribution in [2.24, 2.45) is 0 Å². The summed E-state index contributed by atoms with van der Waals surface area (Å²) >= 11 is 9.00. The van der Waals surface area contributed by atoms with Gasteiger partial charge in [0.2, 0.25) is 5.13 Å². The molecular formula is C16H13ClN4O2S2. The molecule has 0 atom stereocenters. The van der Waals surface area contributed by atoms with Gasteiger partial charge in [-0.2, -0.15) is 0 Å². The summed E-state index contributed by atoms with van der Waals surface area (Å²) in [5.41, 5.74) is 1.35. The molecule has 3 aromatic rings. The summed E-state index contributed by atoms with van der Waals surface area (Å²) in [5, 5.41) is 15.6. The lowest BCUT2D eigenvalue weighted by atomic mass is 10.1. The number of anilines is 1. The summed E-state index contributed by atoms with van der Waals surface area (Å²) in [6.07, 6.45) is 1.78. The van der Waals surface area contributed by atoms with E-state index in [1.807, 2.05) is 12.1 Å². The molecule has 0 unspecified atom stereocenters. The minimum Gasteiger partial charge on any atom is -0.360 e. The van der Waals surface area contributed by atoms with E-state index in [1.165, 1.54) is 23.1 Å². The van der Waals surface area contributed by atoms with Crippen LogP contribution in [0.3, 0.4) is 0 Å². The number of halogens is 1. The molecule has 9 heteroatoms. The number of aryl methyl sites for hydroxylation is 1. The van der Waals surface area contributed by atoms with Crippen LogP contribution in [-0.4, -0.2) is 27.0 Å². The molecule has 2 heterocycles. The Labute approximate surface area is 157 Å². The molecule has 25 heavy (non-hydrogen) atoms. The maximum absolute atomic E-state index is 12.7. The minimum absolute atomic E-state index is 0.323. The maximum atomic E-state index is 12.7.